The van der Waals surface area contributed by atoms with Crippen molar-refractivity contribution in [1.82, 2.24) is 4.98 Å². The number of nitrogens with zero attached hydrogens (tertiary/aromatic N) is 1. The first-order valence-electron chi connectivity index (χ1n) is 7.50. The zero-order valence-electron chi connectivity index (χ0n) is 13.3. The highest BCUT2D eigenvalue weighted by atomic mass is 16.5. The lowest BCUT2D eigenvalue weighted by molar-refractivity contribution is 0.209. The van der Waals surface area contributed by atoms with Gasteiger partial charge in [-0.05, 0) is 43.5 Å². The average Bonchev–Trinajstić information content (AvgIpc) is 2.54. The number of para-hydroxylation sites is 1. The van der Waals surface area contributed by atoms with Crippen LogP contribution in [0.15, 0.2) is 30.3 Å². The van der Waals surface area contributed by atoms with Crippen LogP contribution < -0.4 is 14.2 Å². The molecule has 0 radical (unpaired) electrons. The van der Waals surface area contributed by atoms with Gasteiger partial charge < -0.3 is 14.2 Å². The standard InChI is InChI=1S/C18H21NO3/c1-12-7-8-16(20-2)15(19-12)10-13-9-14-5-4-6-17(21-3)18(14)22-11-13/h4-8,13H,9-11H2,1-3H3/t13-/m0/s1. The van der Waals surface area contributed by atoms with E-state index in [4.69, 9.17) is 14.2 Å². The van der Waals surface area contributed by atoms with Crippen LogP contribution in [-0.4, -0.2) is 25.8 Å². The van der Waals surface area contributed by atoms with E-state index in [9.17, 15) is 0 Å². The van der Waals surface area contributed by atoms with Gasteiger partial charge in [0, 0.05) is 11.6 Å². The molecule has 0 amide bonds. The molecule has 1 atom stereocenters. The highest BCUT2D eigenvalue weighted by Crippen LogP contribution is 2.37. The number of benzene rings is 1. The Bertz CT molecular complexity index is 669. The van der Waals surface area contributed by atoms with E-state index in [1.807, 2.05) is 31.2 Å². The van der Waals surface area contributed by atoms with E-state index in [1.165, 1.54) is 5.56 Å². The van der Waals surface area contributed by atoms with Gasteiger partial charge in [0.2, 0.25) is 0 Å². The molecule has 116 valence electrons. The summed E-state index contributed by atoms with van der Waals surface area (Å²) in [4.78, 5) is 4.62. The van der Waals surface area contributed by atoms with Crippen molar-refractivity contribution >= 4 is 0 Å². The van der Waals surface area contributed by atoms with Gasteiger partial charge in [-0.3, -0.25) is 4.98 Å². The van der Waals surface area contributed by atoms with Gasteiger partial charge >= 0.3 is 0 Å². The highest BCUT2D eigenvalue weighted by molar-refractivity contribution is 5.48. The van der Waals surface area contributed by atoms with Crippen molar-refractivity contribution < 1.29 is 14.2 Å². The molecule has 0 aliphatic carbocycles. The number of aromatic nitrogens is 1. The molecule has 3 rings (SSSR count). The summed E-state index contributed by atoms with van der Waals surface area (Å²) in [6, 6.07) is 10.0. The van der Waals surface area contributed by atoms with Gasteiger partial charge in [-0.15, -0.1) is 0 Å². The quantitative estimate of drug-likeness (QED) is 0.869. The first kappa shape index (κ1) is 14.7. The van der Waals surface area contributed by atoms with Crippen LogP contribution in [0.5, 0.6) is 17.2 Å². The molecule has 0 bridgehead atoms. The number of methoxy groups -OCH3 is 2. The molecule has 0 unspecified atom stereocenters. The molecule has 4 heteroatoms. The number of aryl methyl sites for hydroxylation is 1. The molecular weight excluding hydrogens is 278 g/mol. The van der Waals surface area contributed by atoms with E-state index in [1.54, 1.807) is 14.2 Å². The van der Waals surface area contributed by atoms with Crippen molar-refractivity contribution in [2.45, 2.75) is 19.8 Å². The van der Waals surface area contributed by atoms with Gasteiger partial charge in [0.1, 0.15) is 5.75 Å². The second kappa shape index (κ2) is 6.26. The first-order valence-corrected chi connectivity index (χ1v) is 7.50. The summed E-state index contributed by atoms with van der Waals surface area (Å²) >= 11 is 0. The Kier molecular flexibility index (Phi) is 4.18. The molecule has 0 N–H and O–H groups in total. The maximum Gasteiger partial charge on any atom is 0.164 e. The third-order valence-electron chi connectivity index (χ3n) is 4.03. The van der Waals surface area contributed by atoms with E-state index in [-0.39, 0.29) is 0 Å². The number of pyridine rings is 1. The van der Waals surface area contributed by atoms with Crippen LogP contribution in [0, 0.1) is 12.8 Å². The van der Waals surface area contributed by atoms with Gasteiger partial charge in [0.15, 0.2) is 11.5 Å². The van der Waals surface area contributed by atoms with Crippen LogP contribution in [0.4, 0.5) is 0 Å². The summed E-state index contributed by atoms with van der Waals surface area (Å²) in [6.45, 7) is 2.67. The predicted molar refractivity (Wildman–Crippen MR) is 84.9 cm³/mol. The minimum atomic E-state index is 0.391. The smallest absolute Gasteiger partial charge is 0.164 e. The van der Waals surface area contributed by atoms with Gasteiger partial charge in [-0.2, -0.15) is 0 Å². The summed E-state index contributed by atoms with van der Waals surface area (Å²) in [5.41, 5.74) is 3.21. The molecule has 0 saturated carbocycles. The number of fused-ring (bicyclic) bond motifs is 1. The van der Waals surface area contributed by atoms with Crippen molar-refractivity contribution in [3.63, 3.8) is 0 Å². The van der Waals surface area contributed by atoms with E-state index in [0.717, 1.165) is 41.5 Å². The molecule has 4 nitrogen and oxygen atoms in total. The van der Waals surface area contributed by atoms with Crippen molar-refractivity contribution in [2.75, 3.05) is 20.8 Å². The normalized spacial score (nSPS) is 16.6. The lowest BCUT2D eigenvalue weighted by atomic mass is 9.92. The van der Waals surface area contributed by atoms with Crippen molar-refractivity contribution in [3.8, 4) is 17.2 Å². The Morgan fingerprint density at radius 1 is 1.14 bits per heavy atom. The number of rotatable bonds is 4. The molecule has 1 aromatic heterocycles. The van der Waals surface area contributed by atoms with Gasteiger partial charge in [0.25, 0.3) is 0 Å². The maximum atomic E-state index is 5.94. The van der Waals surface area contributed by atoms with Crippen molar-refractivity contribution in [2.24, 2.45) is 5.92 Å². The topological polar surface area (TPSA) is 40.6 Å². The van der Waals surface area contributed by atoms with E-state index in [0.29, 0.717) is 12.5 Å². The van der Waals surface area contributed by atoms with E-state index in [2.05, 4.69) is 11.1 Å². The van der Waals surface area contributed by atoms with Crippen LogP contribution in [0.1, 0.15) is 17.0 Å². The van der Waals surface area contributed by atoms with Gasteiger partial charge in [-0.25, -0.2) is 0 Å². The second-order valence-electron chi connectivity index (χ2n) is 5.64. The molecule has 2 aromatic rings. The molecule has 0 saturated heterocycles. The fraction of sp³-hybridized carbons (Fsp3) is 0.389. The number of hydrogen-bond acceptors (Lipinski definition) is 4. The van der Waals surface area contributed by atoms with Gasteiger partial charge in [-0.1, -0.05) is 12.1 Å². The minimum Gasteiger partial charge on any atom is -0.495 e. The summed E-state index contributed by atoms with van der Waals surface area (Å²) in [5, 5.41) is 0. The van der Waals surface area contributed by atoms with Crippen LogP contribution in [0.3, 0.4) is 0 Å². The molecule has 22 heavy (non-hydrogen) atoms. The molecule has 0 spiro atoms. The lowest BCUT2D eigenvalue weighted by Crippen LogP contribution is -2.23. The summed E-state index contributed by atoms with van der Waals surface area (Å²) in [7, 11) is 3.36. The van der Waals surface area contributed by atoms with Gasteiger partial charge in [0.05, 0.1) is 26.5 Å². The largest absolute Gasteiger partial charge is 0.495 e. The lowest BCUT2D eigenvalue weighted by Gasteiger charge is -2.26. The number of hydrogen-bond donors (Lipinski definition) is 0. The minimum absolute atomic E-state index is 0.391. The molecule has 1 aliphatic rings. The fourth-order valence-electron chi connectivity index (χ4n) is 2.95. The molecular formula is C18H21NO3. The Morgan fingerprint density at radius 2 is 1.95 bits per heavy atom. The van der Waals surface area contributed by atoms with Crippen molar-refractivity contribution in [3.05, 3.63) is 47.3 Å². The monoisotopic (exact) mass is 299 g/mol. The summed E-state index contributed by atoms with van der Waals surface area (Å²) in [5.74, 6) is 2.93. The fourth-order valence-corrected chi connectivity index (χ4v) is 2.95. The SMILES string of the molecule is COc1ccc(C)nc1C[C@H]1COc2c(cccc2OC)C1. The molecule has 2 heterocycles. The second-order valence-corrected chi connectivity index (χ2v) is 5.64. The highest BCUT2D eigenvalue weighted by Gasteiger charge is 2.24. The first-order chi connectivity index (χ1) is 10.7. The Labute approximate surface area is 131 Å². The summed E-state index contributed by atoms with van der Waals surface area (Å²) in [6.07, 6.45) is 1.81. The number of ether oxygens (including phenoxy) is 3. The molecule has 1 aromatic carbocycles. The zero-order valence-corrected chi connectivity index (χ0v) is 13.3. The Morgan fingerprint density at radius 3 is 2.73 bits per heavy atom. The van der Waals surface area contributed by atoms with Crippen molar-refractivity contribution in [1.29, 1.82) is 0 Å². The van der Waals surface area contributed by atoms with Crippen LogP contribution in [0.25, 0.3) is 0 Å². The van der Waals surface area contributed by atoms with E-state index < -0.39 is 0 Å². The maximum absolute atomic E-state index is 5.94. The van der Waals surface area contributed by atoms with Crippen LogP contribution in [0.2, 0.25) is 0 Å². The third-order valence-corrected chi connectivity index (χ3v) is 4.03. The van der Waals surface area contributed by atoms with Crippen LogP contribution >= 0.6 is 0 Å². The predicted octanol–water partition coefficient (Wildman–Crippen LogP) is 3.20. The Balaban J connectivity index is 1.80. The zero-order chi connectivity index (χ0) is 15.5. The average molecular weight is 299 g/mol. The van der Waals surface area contributed by atoms with Crippen LogP contribution in [-0.2, 0) is 12.8 Å². The van der Waals surface area contributed by atoms with E-state index >= 15 is 0 Å². The molecule has 0 fully saturated rings. The molecule has 1 aliphatic heterocycles. The Hall–Kier alpha value is -2.23. The third kappa shape index (κ3) is 2.86. The summed E-state index contributed by atoms with van der Waals surface area (Å²) < 4.78 is 16.7.